The molecule has 0 saturated carbocycles. The fourth-order valence-corrected chi connectivity index (χ4v) is 6.46. The van der Waals surface area contributed by atoms with Crippen LogP contribution >= 0.6 is 0 Å². The number of carbonyl (C=O) groups excluding carboxylic acids is 1. The highest BCUT2D eigenvalue weighted by Gasteiger charge is 2.30. The van der Waals surface area contributed by atoms with Gasteiger partial charge in [0, 0.05) is 49.0 Å². The molecule has 10 nitrogen and oxygen atoms in total. The number of hydrogen-bond donors (Lipinski definition) is 2. The summed E-state index contributed by atoms with van der Waals surface area (Å²) >= 11 is 0. The first-order chi connectivity index (χ1) is 18.7. The van der Waals surface area contributed by atoms with Gasteiger partial charge in [0.2, 0.25) is 16.0 Å². The average molecular weight is 550 g/mol. The Bertz CT molecular complexity index is 1500. The van der Waals surface area contributed by atoms with E-state index >= 15 is 0 Å². The monoisotopic (exact) mass is 549 g/mol. The molecule has 0 spiro atoms. The van der Waals surface area contributed by atoms with Gasteiger partial charge in [0.25, 0.3) is 5.91 Å². The van der Waals surface area contributed by atoms with E-state index in [9.17, 15) is 13.2 Å². The van der Waals surface area contributed by atoms with Gasteiger partial charge in [-0.1, -0.05) is 38.6 Å². The van der Waals surface area contributed by atoms with Gasteiger partial charge in [0.05, 0.1) is 11.4 Å². The van der Waals surface area contributed by atoms with Crippen LogP contribution in [0.5, 0.6) is 0 Å². The molecule has 206 valence electrons. The largest absolute Gasteiger partial charge is 0.351 e. The smallest absolute Gasteiger partial charge is 0.276 e. The van der Waals surface area contributed by atoms with Gasteiger partial charge in [-0.2, -0.15) is 9.40 Å². The molecule has 2 aromatic heterocycles. The van der Waals surface area contributed by atoms with Gasteiger partial charge in [0.1, 0.15) is 0 Å². The van der Waals surface area contributed by atoms with Gasteiger partial charge < -0.3 is 10.6 Å². The first-order valence-electron chi connectivity index (χ1n) is 13.5. The van der Waals surface area contributed by atoms with E-state index in [0.29, 0.717) is 44.0 Å². The second-order valence-electron chi connectivity index (χ2n) is 10.0. The van der Waals surface area contributed by atoms with Gasteiger partial charge in [-0.15, -0.1) is 0 Å². The van der Waals surface area contributed by atoms with Crippen LogP contribution in [0, 0.1) is 0 Å². The van der Waals surface area contributed by atoms with Crippen molar-refractivity contribution >= 4 is 27.6 Å². The maximum Gasteiger partial charge on any atom is 0.276 e. The number of hydrogen-bond acceptors (Lipinski definition) is 7. The number of rotatable bonds is 8. The molecule has 1 aromatic carbocycles. The molecule has 1 aliphatic heterocycles. The van der Waals surface area contributed by atoms with Crippen LogP contribution in [-0.4, -0.2) is 57.5 Å². The standard InChI is InChI=1S/C28H35N7O3S/c1-5-18-9-8-10-19(6-2)23(18)31-27(36)25-22-12-11-20-17-29-28(32-24(20)26(22)34(4)33-25)30-21-13-15-35(16-14-21)39(37,38)7-3/h7-10,17,21H,3,5-6,11-16H2,1-2,4H3,(H,31,36)(H,29,30,32). The van der Waals surface area contributed by atoms with Crippen LogP contribution in [0.3, 0.4) is 0 Å². The van der Waals surface area contributed by atoms with E-state index in [1.807, 2.05) is 31.4 Å². The number of nitrogens with one attached hydrogen (secondary N) is 2. The summed E-state index contributed by atoms with van der Waals surface area (Å²) in [4.78, 5) is 22.9. The summed E-state index contributed by atoms with van der Waals surface area (Å²) in [5.41, 5.74) is 7.03. The van der Waals surface area contributed by atoms with E-state index in [0.717, 1.165) is 64.0 Å². The second-order valence-corrected chi connectivity index (χ2v) is 11.9. The number of nitrogens with zero attached hydrogens (tertiary/aromatic N) is 5. The number of piperidine rings is 1. The Morgan fingerprint density at radius 1 is 1.15 bits per heavy atom. The van der Waals surface area contributed by atoms with Crippen molar-refractivity contribution in [3.8, 4) is 11.4 Å². The molecule has 1 saturated heterocycles. The molecular formula is C28H35N7O3S. The Balaban J connectivity index is 1.38. The molecule has 5 rings (SSSR count). The Kier molecular flexibility index (Phi) is 7.55. The van der Waals surface area contributed by atoms with Crippen LogP contribution in [-0.2, 0) is 42.8 Å². The molecule has 1 aliphatic carbocycles. The number of para-hydroxylation sites is 1. The zero-order valence-corrected chi connectivity index (χ0v) is 23.5. The first kappa shape index (κ1) is 27.0. The molecule has 11 heteroatoms. The quantitative estimate of drug-likeness (QED) is 0.439. The minimum atomic E-state index is -3.40. The molecule has 1 amide bonds. The lowest BCUT2D eigenvalue weighted by atomic mass is 9.93. The number of sulfonamides is 1. The molecule has 2 aliphatic rings. The van der Waals surface area contributed by atoms with Crippen molar-refractivity contribution in [3.05, 3.63) is 64.3 Å². The van der Waals surface area contributed by atoms with E-state index in [1.165, 1.54) is 4.31 Å². The van der Waals surface area contributed by atoms with Gasteiger partial charge in [0.15, 0.2) is 5.69 Å². The fraction of sp³-hybridized carbons (Fsp3) is 0.429. The number of amides is 1. The predicted molar refractivity (Wildman–Crippen MR) is 152 cm³/mol. The molecule has 0 bridgehead atoms. The summed E-state index contributed by atoms with van der Waals surface area (Å²) in [5, 5.41) is 12.2. The van der Waals surface area contributed by atoms with Crippen LogP contribution in [0.4, 0.5) is 11.6 Å². The van der Waals surface area contributed by atoms with Gasteiger partial charge >= 0.3 is 0 Å². The summed E-state index contributed by atoms with van der Waals surface area (Å²) in [6.45, 7) is 8.42. The molecule has 0 atom stereocenters. The number of carbonyl (C=O) groups is 1. The summed E-state index contributed by atoms with van der Waals surface area (Å²) in [6, 6.07) is 6.19. The third-order valence-corrected chi connectivity index (χ3v) is 9.19. The van der Waals surface area contributed by atoms with E-state index in [1.54, 1.807) is 4.68 Å². The highest BCUT2D eigenvalue weighted by Crippen LogP contribution is 2.35. The molecule has 3 aromatic rings. The summed E-state index contributed by atoms with van der Waals surface area (Å²) < 4.78 is 27.3. The summed E-state index contributed by atoms with van der Waals surface area (Å²) in [6.07, 6.45) is 6.18. The zero-order chi connectivity index (χ0) is 27.7. The number of anilines is 2. The SMILES string of the molecule is C=CS(=O)(=O)N1CCC(Nc2ncc3c(n2)-c2c(c(C(=O)Nc4c(CC)cccc4CC)nn2C)CC3)CC1. The minimum absolute atomic E-state index is 0.0571. The van der Waals surface area contributed by atoms with E-state index in [2.05, 4.69) is 41.1 Å². The number of benzene rings is 1. The third kappa shape index (κ3) is 5.20. The average Bonchev–Trinajstić information content (AvgIpc) is 3.30. The Morgan fingerprint density at radius 3 is 2.49 bits per heavy atom. The maximum atomic E-state index is 13.5. The van der Waals surface area contributed by atoms with E-state index in [4.69, 9.17) is 4.98 Å². The number of aryl methyl sites for hydroxylation is 4. The molecule has 2 N–H and O–H groups in total. The lowest BCUT2D eigenvalue weighted by Crippen LogP contribution is -2.41. The molecule has 0 radical (unpaired) electrons. The maximum absolute atomic E-state index is 13.5. The molecule has 3 heterocycles. The Hall–Kier alpha value is -3.57. The number of aromatic nitrogens is 4. The molecule has 0 unspecified atom stereocenters. The van der Waals surface area contributed by atoms with Crippen molar-refractivity contribution in [2.45, 2.75) is 58.4 Å². The van der Waals surface area contributed by atoms with E-state index in [-0.39, 0.29) is 11.9 Å². The zero-order valence-electron chi connectivity index (χ0n) is 22.7. The lowest BCUT2D eigenvalue weighted by Gasteiger charge is -2.30. The van der Waals surface area contributed by atoms with Crippen LogP contribution in [0.2, 0.25) is 0 Å². The Labute approximate surface area is 229 Å². The van der Waals surface area contributed by atoms with Crippen LogP contribution in [0.15, 0.2) is 36.4 Å². The van der Waals surface area contributed by atoms with Crippen molar-refractivity contribution in [1.82, 2.24) is 24.1 Å². The van der Waals surface area contributed by atoms with Crippen LogP contribution in [0.1, 0.15) is 59.4 Å². The molecule has 39 heavy (non-hydrogen) atoms. The summed E-state index contributed by atoms with van der Waals surface area (Å²) in [7, 11) is -1.56. The Morgan fingerprint density at radius 2 is 1.85 bits per heavy atom. The predicted octanol–water partition coefficient (Wildman–Crippen LogP) is 3.70. The summed E-state index contributed by atoms with van der Waals surface area (Å²) in [5.74, 6) is 0.280. The highest BCUT2D eigenvalue weighted by molar-refractivity contribution is 7.92. The normalized spacial score (nSPS) is 15.9. The second kappa shape index (κ2) is 10.9. The van der Waals surface area contributed by atoms with Crippen LogP contribution < -0.4 is 10.6 Å². The molecular weight excluding hydrogens is 514 g/mol. The minimum Gasteiger partial charge on any atom is -0.351 e. The van der Waals surface area contributed by atoms with E-state index < -0.39 is 10.0 Å². The topological polar surface area (TPSA) is 122 Å². The molecule has 1 fully saturated rings. The van der Waals surface area contributed by atoms with Crippen molar-refractivity contribution < 1.29 is 13.2 Å². The lowest BCUT2D eigenvalue weighted by molar-refractivity contribution is 0.102. The van der Waals surface area contributed by atoms with Crippen molar-refractivity contribution in [2.24, 2.45) is 7.05 Å². The highest BCUT2D eigenvalue weighted by atomic mass is 32.2. The fourth-order valence-electron chi connectivity index (χ4n) is 5.53. The van der Waals surface area contributed by atoms with Crippen molar-refractivity contribution in [3.63, 3.8) is 0 Å². The van der Waals surface area contributed by atoms with Crippen molar-refractivity contribution in [2.75, 3.05) is 23.7 Å². The first-order valence-corrected chi connectivity index (χ1v) is 15.0. The van der Waals surface area contributed by atoms with Gasteiger partial charge in [-0.25, -0.2) is 18.4 Å². The van der Waals surface area contributed by atoms with Gasteiger partial charge in [-0.3, -0.25) is 9.48 Å². The van der Waals surface area contributed by atoms with Gasteiger partial charge in [-0.05, 0) is 55.2 Å². The third-order valence-electron chi connectivity index (χ3n) is 7.69. The van der Waals surface area contributed by atoms with Crippen LogP contribution in [0.25, 0.3) is 11.4 Å². The number of fused-ring (bicyclic) bond motifs is 3. The van der Waals surface area contributed by atoms with Crippen molar-refractivity contribution in [1.29, 1.82) is 0 Å².